The van der Waals surface area contributed by atoms with Crippen molar-refractivity contribution in [2.24, 2.45) is 0 Å². The van der Waals surface area contributed by atoms with E-state index in [-0.39, 0.29) is 0 Å². The van der Waals surface area contributed by atoms with Crippen LogP contribution in [0.1, 0.15) is 36.7 Å². The number of fused-ring (bicyclic) bond motifs is 1. The Morgan fingerprint density at radius 3 is 2.76 bits per heavy atom. The topological polar surface area (TPSA) is 42.2 Å². The number of nitrogens with zero attached hydrogens (tertiary/aromatic N) is 1. The lowest BCUT2D eigenvalue weighted by Crippen LogP contribution is -2.08. The summed E-state index contributed by atoms with van der Waals surface area (Å²) in [6.07, 6.45) is 3.29. The number of aromatic carboxylic acids is 1. The van der Waals surface area contributed by atoms with Crippen molar-refractivity contribution >= 4 is 16.9 Å². The summed E-state index contributed by atoms with van der Waals surface area (Å²) >= 11 is 0. The second-order valence-electron chi connectivity index (χ2n) is 4.25. The molecule has 0 aliphatic carbocycles. The summed E-state index contributed by atoms with van der Waals surface area (Å²) in [6, 6.07) is 9.57. The molecule has 0 saturated carbocycles. The molecule has 0 unspecified atom stereocenters. The molecule has 1 aromatic heterocycles. The van der Waals surface area contributed by atoms with E-state index in [0.29, 0.717) is 5.69 Å². The van der Waals surface area contributed by atoms with E-state index in [0.717, 1.165) is 36.7 Å². The van der Waals surface area contributed by atoms with E-state index < -0.39 is 5.97 Å². The van der Waals surface area contributed by atoms with Gasteiger partial charge in [-0.3, -0.25) is 0 Å². The van der Waals surface area contributed by atoms with Crippen LogP contribution in [-0.2, 0) is 6.54 Å². The van der Waals surface area contributed by atoms with Crippen LogP contribution in [0.3, 0.4) is 0 Å². The number of carbonyl (C=O) groups is 1. The smallest absolute Gasteiger partial charge is 0.352 e. The maximum Gasteiger partial charge on any atom is 0.352 e. The Hall–Kier alpha value is -1.77. The first-order valence-corrected chi connectivity index (χ1v) is 6.05. The third kappa shape index (κ3) is 2.33. The van der Waals surface area contributed by atoms with E-state index in [2.05, 4.69) is 6.92 Å². The summed E-state index contributed by atoms with van der Waals surface area (Å²) in [4.78, 5) is 11.2. The number of benzene rings is 1. The predicted molar refractivity (Wildman–Crippen MR) is 68.4 cm³/mol. The molecule has 2 rings (SSSR count). The Balaban J connectivity index is 2.41. The SMILES string of the molecule is CCCCCn1c(C(=O)O)cc2ccccc21. The normalized spacial score (nSPS) is 10.9. The number of carboxylic acid groups (broad SMARTS) is 1. The fourth-order valence-corrected chi connectivity index (χ4v) is 2.15. The number of carboxylic acids is 1. The van der Waals surface area contributed by atoms with Gasteiger partial charge in [-0.05, 0) is 18.6 Å². The van der Waals surface area contributed by atoms with Gasteiger partial charge in [-0.1, -0.05) is 38.0 Å². The van der Waals surface area contributed by atoms with Crippen molar-refractivity contribution in [2.75, 3.05) is 0 Å². The lowest BCUT2D eigenvalue weighted by molar-refractivity contribution is 0.0685. The van der Waals surface area contributed by atoms with Gasteiger partial charge in [0.25, 0.3) is 0 Å². The molecule has 1 heterocycles. The van der Waals surface area contributed by atoms with Crippen molar-refractivity contribution in [3.63, 3.8) is 0 Å². The standard InChI is InChI=1S/C14H17NO2/c1-2-3-6-9-15-12-8-5-4-7-11(12)10-13(15)14(16)17/h4-5,7-8,10H,2-3,6,9H2,1H3,(H,16,17). The number of hydrogen-bond acceptors (Lipinski definition) is 1. The Kier molecular flexibility index (Phi) is 3.47. The second-order valence-corrected chi connectivity index (χ2v) is 4.25. The molecule has 0 saturated heterocycles. The van der Waals surface area contributed by atoms with Crippen LogP contribution >= 0.6 is 0 Å². The van der Waals surface area contributed by atoms with Gasteiger partial charge in [-0.15, -0.1) is 0 Å². The minimum absolute atomic E-state index is 0.391. The molecule has 0 atom stereocenters. The highest BCUT2D eigenvalue weighted by molar-refractivity contribution is 5.94. The van der Waals surface area contributed by atoms with Crippen LogP contribution in [0.15, 0.2) is 30.3 Å². The molecule has 0 amide bonds. The van der Waals surface area contributed by atoms with Crippen LogP contribution in [-0.4, -0.2) is 15.6 Å². The van der Waals surface area contributed by atoms with Gasteiger partial charge in [-0.2, -0.15) is 0 Å². The van der Waals surface area contributed by atoms with Gasteiger partial charge in [0, 0.05) is 17.4 Å². The largest absolute Gasteiger partial charge is 0.477 e. The van der Waals surface area contributed by atoms with E-state index in [1.54, 1.807) is 6.07 Å². The molecule has 0 radical (unpaired) electrons. The summed E-state index contributed by atoms with van der Waals surface area (Å²) in [5, 5.41) is 10.2. The molecule has 90 valence electrons. The maximum atomic E-state index is 11.2. The van der Waals surface area contributed by atoms with Crippen LogP contribution in [0.4, 0.5) is 0 Å². The highest BCUT2D eigenvalue weighted by Crippen LogP contribution is 2.20. The molecule has 0 spiro atoms. The van der Waals surface area contributed by atoms with Crippen molar-refractivity contribution in [3.8, 4) is 0 Å². The molecular weight excluding hydrogens is 214 g/mol. The number of rotatable bonds is 5. The van der Waals surface area contributed by atoms with E-state index in [1.807, 2.05) is 28.8 Å². The van der Waals surface area contributed by atoms with E-state index >= 15 is 0 Å². The van der Waals surface area contributed by atoms with Gasteiger partial charge < -0.3 is 9.67 Å². The van der Waals surface area contributed by atoms with Crippen molar-refractivity contribution in [2.45, 2.75) is 32.7 Å². The molecule has 0 aliphatic heterocycles. The monoisotopic (exact) mass is 231 g/mol. The minimum Gasteiger partial charge on any atom is -0.477 e. The molecule has 2 aromatic rings. The van der Waals surface area contributed by atoms with E-state index in [4.69, 9.17) is 0 Å². The quantitative estimate of drug-likeness (QED) is 0.800. The number of unbranched alkanes of at least 4 members (excludes halogenated alkanes) is 2. The zero-order valence-electron chi connectivity index (χ0n) is 10.0. The van der Waals surface area contributed by atoms with Gasteiger partial charge in [0.15, 0.2) is 0 Å². The average Bonchev–Trinajstić information content (AvgIpc) is 2.69. The van der Waals surface area contributed by atoms with Crippen LogP contribution in [0.5, 0.6) is 0 Å². The first-order chi connectivity index (χ1) is 8.24. The second kappa shape index (κ2) is 5.04. The third-order valence-corrected chi connectivity index (χ3v) is 3.01. The lowest BCUT2D eigenvalue weighted by atomic mass is 10.2. The summed E-state index contributed by atoms with van der Waals surface area (Å²) in [7, 11) is 0. The average molecular weight is 231 g/mol. The number of aryl methyl sites for hydroxylation is 1. The first kappa shape index (κ1) is 11.7. The first-order valence-electron chi connectivity index (χ1n) is 6.05. The van der Waals surface area contributed by atoms with Crippen molar-refractivity contribution in [3.05, 3.63) is 36.0 Å². The fourth-order valence-electron chi connectivity index (χ4n) is 2.15. The van der Waals surface area contributed by atoms with Gasteiger partial charge in [0.1, 0.15) is 5.69 Å². The lowest BCUT2D eigenvalue weighted by Gasteiger charge is -2.07. The third-order valence-electron chi connectivity index (χ3n) is 3.01. The predicted octanol–water partition coefficient (Wildman–Crippen LogP) is 3.53. The molecule has 0 bridgehead atoms. The van der Waals surface area contributed by atoms with Crippen molar-refractivity contribution < 1.29 is 9.90 Å². The fraction of sp³-hybridized carbons (Fsp3) is 0.357. The van der Waals surface area contributed by atoms with Gasteiger partial charge in [0.05, 0.1) is 0 Å². The van der Waals surface area contributed by atoms with E-state index in [1.165, 1.54) is 0 Å². The Bertz CT molecular complexity index is 528. The summed E-state index contributed by atoms with van der Waals surface area (Å²) in [5.74, 6) is -0.849. The summed E-state index contributed by atoms with van der Waals surface area (Å²) in [5.41, 5.74) is 1.41. The zero-order valence-corrected chi connectivity index (χ0v) is 10.0. The molecule has 0 aliphatic rings. The minimum atomic E-state index is -0.849. The molecular formula is C14H17NO2. The van der Waals surface area contributed by atoms with Crippen molar-refractivity contribution in [1.29, 1.82) is 0 Å². The Labute approximate surface area is 101 Å². The van der Waals surface area contributed by atoms with E-state index in [9.17, 15) is 9.90 Å². The van der Waals surface area contributed by atoms with Crippen LogP contribution in [0.25, 0.3) is 10.9 Å². The van der Waals surface area contributed by atoms with Crippen LogP contribution in [0.2, 0.25) is 0 Å². The molecule has 1 N–H and O–H groups in total. The Morgan fingerprint density at radius 1 is 1.29 bits per heavy atom. The molecule has 1 aromatic carbocycles. The highest BCUT2D eigenvalue weighted by atomic mass is 16.4. The Morgan fingerprint density at radius 2 is 2.06 bits per heavy atom. The molecule has 0 fully saturated rings. The van der Waals surface area contributed by atoms with Crippen LogP contribution < -0.4 is 0 Å². The van der Waals surface area contributed by atoms with Crippen LogP contribution in [0, 0.1) is 0 Å². The maximum absolute atomic E-state index is 11.2. The molecule has 3 nitrogen and oxygen atoms in total. The van der Waals surface area contributed by atoms with Gasteiger partial charge >= 0.3 is 5.97 Å². The zero-order chi connectivity index (χ0) is 12.3. The highest BCUT2D eigenvalue weighted by Gasteiger charge is 2.13. The summed E-state index contributed by atoms with van der Waals surface area (Å²) < 4.78 is 1.91. The summed E-state index contributed by atoms with van der Waals surface area (Å²) in [6.45, 7) is 2.93. The van der Waals surface area contributed by atoms with Gasteiger partial charge in [-0.25, -0.2) is 4.79 Å². The number of aromatic nitrogens is 1. The molecule has 3 heteroatoms. The number of para-hydroxylation sites is 1. The number of hydrogen-bond donors (Lipinski definition) is 1. The molecule has 17 heavy (non-hydrogen) atoms. The van der Waals surface area contributed by atoms with Gasteiger partial charge in [0.2, 0.25) is 0 Å². The van der Waals surface area contributed by atoms with Crippen molar-refractivity contribution in [1.82, 2.24) is 4.57 Å².